The van der Waals surface area contributed by atoms with Gasteiger partial charge in [-0.1, -0.05) is 26.8 Å². The molecule has 5 aliphatic heterocycles. The third-order valence-electron chi connectivity index (χ3n) is 13.7. The van der Waals surface area contributed by atoms with Crippen LogP contribution in [0, 0.1) is 41.4 Å². The lowest BCUT2D eigenvalue weighted by Crippen LogP contribution is -2.67. The van der Waals surface area contributed by atoms with E-state index in [-0.39, 0.29) is 41.9 Å². The average Bonchev–Trinajstić information content (AvgIpc) is 3.17. The van der Waals surface area contributed by atoms with E-state index in [1.807, 2.05) is 18.7 Å². The molecule has 2 saturated carbocycles. The van der Waals surface area contributed by atoms with Crippen LogP contribution in [0.2, 0.25) is 0 Å². The SMILES string of the molecule is C=CCN(CCCCO[C@H]1O[C@@H]2O[C@@H](C)CCC3[C@H](C)CC[C@@H]([C@H]1C)C32OO)CC1=C(C(F)(F)F)O[C@@H]2O[C@@]3(C)CCC4[C@H](C)CC[C@@H]1[C@]42O3. The Balaban J connectivity index is 1.01. The van der Waals surface area contributed by atoms with E-state index in [0.717, 1.165) is 38.5 Å². The zero-order chi connectivity index (χ0) is 35.6. The van der Waals surface area contributed by atoms with Crippen LogP contribution in [-0.2, 0) is 33.3 Å². The molecule has 4 saturated heterocycles. The Labute approximate surface area is 295 Å². The first-order valence-corrected chi connectivity index (χ1v) is 19.2. The largest absolute Gasteiger partial charge is 0.456 e. The van der Waals surface area contributed by atoms with E-state index in [2.05, 4.69) is 27.4 Å². The van der Waals surface area contributed by atoms with Crippen LogP contribution in [0.5, 0.6) is 0 Å². The number of hydrogen-bond donors (Lipinski definition) is 1. The van der Waals surface area contributed by atoms with Gasteiger partial charge in [-0.05, 0) is 107 Å². The van der Waals surface area contributed by atoms with Crippen molar-refractivity contribution in [3.63, 3.8) is 0 Å². The van der Waals surface area contributed by atoms with Gasteiger partial charge in [-0.25, -0.2) is 4.89 Å². The molecule has 0 aromatic heterocycles. The van der Waals surface area contributed by atoms with Gasteiger partial charge < -0.3 is 28.4 Å². The quantitative estimate of drug-likeness (QED) is 0.0998. The van der Waals surface area contributed by atoms with E-state index in [9.17, 15) is 18.4 Å². The molecule has 0 aromatic carbocycles. The van der Waals surface area contributed by atoms with Gasteiger partial charge in [-0.3, -0.25) is 10.2 Å². The Morgan fingerprint density at radius 2 is 1.68 bits per heavy atom. The maximum Gasteiger partial charge on any atom is 0.449 e. The molecule has 2 bridgehead atoms. The predicted molar refractivity (Wildman–Crippen MR) is 177 cm³/mol. The molecule has 0 amide bonds. The topological polar surface area (TPSA) is 88.1 Å². The standard InChI is InChI=1S/C38H58F3NO8/c1-7-18-42(21-26-30-14-11-23(3)28-16-17-35(6)48-34(36(28,30)49-35)46-31(26)38(39,40)41)19-8-9-20-44-32-25(5)29-13-10-22(2)27-15-12-24(4)45-33(47-32)37(27,29)50-43/h7,22-25,27-30,32-34,43H,1,8-21H2,2-6H3/t22-,23-,24+,25-,27?,28?,29+,30+,32+,33+,34-,35-,36-,37?/m1/s1. The second kappa shape index (κ2) is 13.9. The molecule has 0 radical (unpaired) electrons. The zero-order valence-electron chi connectivity index (χ0n) is 30.4. The number of alkyl halides is 3. The highest BCUT2D eigenvalue weighted by Crippen LogP contribution is 2.64. The summed E-state index contributed by atoms with van der Waals surface area (Å²) in [4.78, 5) is 7.44. The second-order valence-electron chi connectivity index (χ2n) is 16.8. The minimum Gasteiger partial charge on any atom is -0.456 e. The maximum atomic E-state index is 14.7. The smallest absolute Gasteiger partial charge is 0.449 e. The van der Waals surface area contributed by atoms with Gasteiger partial charge in [0.05, 0.1) is 6.10 Å². The first-order valence-electron chi connectivity index (χ1n) is 19.2. The number of rotatable bonds is 11. The summed E-state index contributed by atoms with van der Waals surface area (Å²) in [6.07, 6.45) is 2.86. The van der Waals surface area contributed by atoms with Crippen molar-refractivity contribution in [1.29, 1.82) is 0 Å². The third kappa shape index (κ3) is 6.09. The summed E-state index contributed by atoms with van der Waals surface area (Å²) in [5.74, 6) is -1.38. The molecule has 7 aliphatic rings. The molecule has 2 aliphatic carbocycles. The number of halogens is 3. The molecular weight excluding hydrogens is 655 g/mol. The van der Waals surface area contributed by atoms with Crippen molar-refractivity contribution >= 4 is 0 Å². The molecule has 1 N–H and O–H groups in total. The van der Waals surface area contributed by atoms with E-state index >= 15 is 0 Å². The van der Waals surface area contributed by atoms with Crippen LogP contribution in [0.4, 0.5) is 13.2 Å². The third-order valence-corrected chi connectivity index (χ3v) is 13.7. The van der Waals surface area contributed by atoms with Crippen LogP contribution >= 0.6 is 0 Å². The molecule has 9 nitrogen and oxygen atoms in total. The van der Waals surface area contributed by atoms with Crippen LogP contribution in [-0.4, -0.2) is 84.5 Å². The van der Waals surface area contributed by atoms with Crippen molar-refractivity contribution in [2.45, 2.75) is 147 Å². The summed E-state index contributed by atoms with van der Waals surface area (Å²) in [5.41, 5.74) is -1.55. The fourth-order valence-electron chi connectivity index (χ4n) is 11.3. The van der Waals surface area contributed by atoms with E-state index in [4.69, 9.17) is 33.3 Å². The van der Waals surface area contributed by atoms with Crippen LogP contribution in [0.25, 0.3) is 0 Å². The van der Waals surface area contributed by atoms with Crippen molar-refractivity contribution in [2.75, 3.05) is 26.2 Å². The Bertz CT molecular complexity index is 1280. The average molecular weight is 714 g/mol. The first kappa shape index (κ1) is 37.1. The van der Waals surface area contributed by atoms with Gasteiger partial charge in [0.25, 0.3) is 0 Å². The molecule has 7 rings (SSSR count). The highest BCUT2D eigenvalue weighted by molar-refractivity contribution is 5.30. The molecular formula is C38H58F3NO8. The van der Waals surface area contributed by atoms with Gasteiger partial charge in [-0.2, -0.15) is 13.2 Å². The van der Waals surface area contributed by atoms with Crippen molar-refractivity contribution in [1.82, 2.24) is 4.90 Å². The molecule has 14 atom stereocenters. The highest BCUT2D eigenvalue weighted by Gasteiger charge is 2.72. The lowest BCUT2D eigenvalue weighted by atomic mass is 9.58. The van der Waals surface area contributed by atoms with Gasteiger partial charge in [0.15, 0.2) is 24.0 Å². The molecule has 3 unspecified atom stereocenters. The number of ether oxygens (including phenoxy) is 6. The van der Waals surface area contributed by atoms with E-state index < -0.39 is 53.7 Å². The Morgan fingerprint density at radius 1 is 0.940 bits per heavy atom. The van der Waals surface area contributed by atoms with E-state index in [0.29, 0.717) is 57.2 Å². The lowest BCUT2D eigenvalue weighted by molar-refractivity contribution is -0.460. The summed E-state index contributed by atoms with van der Waals surface area (Å²) in [5, 5.41) is 10.4. The van der Waals surface area contributed by atoms with Crippen molar-refractivity contribution in [2.24, 2.45) is 41.4 Å². The normalized spacial score (nSPS) is 47.0. The Morgan fingerprint density at radius 3 is 2.42 bits per heavy atom. The molecule has 0 aromatic rings. The molecule has 284 valence electrons. The van der Waals surface area contributed by atoms with Gasteiger partial charge in [-0.15, -0.1) is 6.58 Å². The van der Waals surface area contributed by atoms with Crippen LogP contribution in [0.1, 0.15) is 98.8 Å². The van der Waals surface area contributed by atoms with Crippen LogP contribution in [0.15, 0.2) is 24.0 Å². The number of allylic oxidation sites excluding steroid dienone is 1. The summed E-state index contributed by atoms with van der Waals surface area (Å²) >= 11 is 0. The van der Waals surface area contributed by atoms with Gasteiger partial charge in [0.1, 0.15) is 5.60 Å². The van der Waals surface area contributed by atoms with Crippen molar-refractivity contribution < 1.29 is 51.7 Å². The van der Waals surface area contributed by atoms with Crippen LogP contribution < -0.4 is 0 Å². The molecule has 6 fully saturated rings. The molecule has 12 heteroatoms. The van der Waals surface area contributed by atoms with Gasteiger partial charge in [0.2, 0.25) is 12.0 Å². The zero-order valence-corrected chi connectivity index (χ0v) is 30.4. The van der Waals surface area contributed by atoms with Crippen LogP contribution in [0.3, 0.4) is 0 Å². The highest BCUT2D eigenvalue weighted by atomic mass is 19.4. The van der Waals surface area contributed by atoms with Gasteiger partial charge in [0, 0.05) is 43.9 Å². The Hall–Kier alpha value is -1.25. The first-order chi connectivity index (χ1) is 23.8. The molecule has 1 spiro atoms. The molecule has 50 heavy (non-hydrogen) atoms. The van der Waals surface area contributed by atoms with Crippen molar-refractivity contribution in [3.05, 3.63) is 24.0 Å². The maximum absolute atomic E-state index is 14.7. The van der Waals surface area contributed by atoms with E-state index in [1.165, 1.54) is 0 Å². The summed E-state index contributed by atoms with van der Waals surface area (Å²) in [6, 6.07) is 0. The fourth-order valence-corrected chi connectivity index (χ4v) is 11.3. The van der Waals surface area contributed by atoms with Crippen molar-refractivity contribution in [3.8, 4) is 0 Å². The van der Waals surface area contributed by atoms with Gasteiger partial charge >= 0.3 is 6.18 Å². The summed E-state index contributed by atoms with van der Waals surface area (Å²) in [7, 11) is 0. The second-order valence-corrected chi connectivity index (χ2v) is 16.8. The Kier molecular flexibility index (Phi) is 10.3. The minimum atomic E-state index is -4.64. The molecule has 5 heterocycles. The minimum absolute atomic E-state index is 0.0182. The number of fused-ring (bicyclic) bond motifs is 1. The monoisotopic (exact) mass is 713 g/mol. The van der Waals surface area contributed by atoms with E-state index in [1.54, 1.807) is 6.08 Å². The summed E-state index contributed by atoms with van der Waals surface area (Å²) < 4.78 is 81.9. The predicted octanol–water partition coefficient (Wildman–Crippen LogP) is 7.81. The number of unbranched alkanes of at least 4 members (excludes halogenated alkanes) is 1. The number of nitrogens with zero attached hydrogens (tertiary/aromatic N) is 1. The summed E-state index contributed by atoms with van der Waals surface area (Å²) in [6.45, 7) is 15.8. The number of hydrogen-bond acceptors (Lipinski definition) is 9. The lowest BCUT2D eigenvalue weighted by Gasteiger charge is -2.57. The fraction of sp³-hybridized carbons (Fsp3) is 0.895.